The van der Waals surface area contributed by atoms with Crippen molar-refractivity contribution < 1.29 is 19.1 Å². The van der Waals surface area contributed by atoms with Crippen molar-refractivity contribution in [1.82, 2.24) is 14.8 Å². The van der Waals surface area contributed by atoms with E-state index in [9.17, 15) is 9.59 Å². The quantitative estimate of drug-likeness (QED) is 0.524. The lowest BCUT2D eigenvalue weighted by molar-refractivity contribution is -0.135. The van der Waals surface area contributed by atoms with Gasteiger partial charge in [-0.25, -0.2) is 0 Å². The standard InChI is InChI=1S/C29H35N3O4/c1-19(20-11-7-5-8-12-20)32-27(33)23-17-22-24(35-3)15-16-25(36-4)26(22)31(23)18-29(32,2)28(34)30-21-13-9-6-10-14-21/h5,7-8,11-12,15-17,19,21H,6,9-10,13-14,18H2,1-4H3,(H,30,34)/t19-,29+/m0/s1. The first-order valence-corrected chi connectivity index (χ1v) is 12.8. The molecular formula is C29H35N3O4. The second-order valence-electron chi connectivity index (χ2n) is 10.2. The van der Waals surface area contributed by atoms with Crippen LogP contribution in [0.2, 0.25) is 0 Å². The minimum absolute atomic E-state index is 0.111. The Labute approximate surface area is 212 Å². The third-order valence-corrected chi connectivity index (χ3v) is 7.96. The van der Waals surface area contributed by atoms with Crippen LogP contribution in [-0.4, -0.2) is 47.1 Å². The van der Waals surface area contributed by atoms with Gasteiger partial charge in [-0.3, -0.25) is 9.59 Å². The number of hydrogen-bond donors (Lipinski definition) is 1. The molecule has 1 fully saturated rings. The van der Waals surface area contributed by atoms with Gasteiger partial charge < -0.3 is 24.3 Å². The Morgan fingerprint density at radius 1 is 1.03 bits per heavy atom. The summed E-state index contributed by atoms with van der Waals surface area (Å²) < 4.78 is 13.2. The molecule has 0 bridgehead atoms. The van der Waals surface area contributed by atoms with Gasteiger partial charge in [0.2, 0.25) is 5.91 Å². The second kappa shape index (κ2) is 9.52. The van der Waals surface area contributed by atoms with Crippen LogP contribution in [0, 0.1) is 0 Å². The lowest BCUT2D eigenvalue weighted by Gasteiger charge is -2.47. The van der Waals surface area contributed by atoms with Gasteiger partial charge in [0.1, 0.15) is 22.7 Å². The van der Waals surface area contributed by atoms with Crippen LogP contribution in [0.5, 0.6) is 11.5 Å². The Morgan fingerprint density at radius 2 is 1.69 bits per heavy atom. The van der Waals surface area contributed by atoms with Crippen molar-refractivity contribution in [2.24, 2.45) is 0 Å². The number of ether oxygens (including phenoxy) is 2. The number of benzene rings is 2. The molecule has 0 saturated heterocycles. The minimum atomic E-state index is -1.10. The number of nitrogens with zero attached hydrogens (tertiary/aromatic N) is 2. The van der Waals surface area contributed by atoms with E-state index in [1.165, 1.54) is 6.42 Å². The average Bonchev–Trinajstić information content (AvgIpc) is 3.28. The molecule has 2 amide bonds. The molecule has 3 aromatic rings. The molecule has 2 aromatic carbocycles. The van der Waals surface area contributed by atoms with Crippen LogP contribution in [0.3, 0.4) is 0 Å². The minimum Gasteiger partial charge on any atom is -0.496 e. The van der Waals surface area contributed by atoms with E-state index in [2.05, 4.69) is 5.32 Å². The van der Waals surface area contributed by atoms with Crippen LogP contribution in [0.4, 0.5) is 0 Å². The topological polar surface area (TPSA) is 72.8 Å². The third-order valence-electron chi connectivity index (χ3n) is 7.96. The van der Waals surface area contributed by atoms with E-state index >= 15 is 0 Å². The van der Waals surface area contributed by atoms with Gasteiger partial charge in [0, 0.05) is 11.4 Å². The number of carbonyl (C=O) groups is 2. The molecule has 1 aliphatic carbocycles. The number of amides is 2. The molecule has 1 aliphatic heterocycles. The smallest absolute Gasteiger partial charge is 0.271 e. The van der Waals surface area contributed by atoms with Gasteiger partial charge in [0.25, 0.3) is 5.91 Å². The molecule has 190 valence electrons. The highest BCUT2D eigenvalue weighted by atomic mass is 16.5. The highest BCUT2D eigenvalue weighted by molar-refractivity contribution is 6.06. The summed E-state index contributed by atoms with van der Waals surface area (Å²) in [7, 11) is 3.23. The van der Waals surface area contributed by atoms with Crippen LogP contribution in [0.15, 0.2) is 48.5 Å². The molecule has 0 unspecified atom stereocenters. The Bertz CT molecular complexity index is 1280. The van der Waals surface area contributed by atoms with Crippen LogP contribution in [-0.2, 0) is 11.3 Å². The van der Waals surface area contributed by atoms with Gasteiger partial charge in [-0.15, -0.1) is 0 Å². The fourth-order valence-electron chi connectivity index (χ4n) is 5.99. The van der Waals surface area contributed by atoms with E-state index in [4.69, 9.17) is 9.47 Å². The van der Waals surface area contributed by atoms with E-state index in [0.717, 1.165) is 42.1 Å². The second-order valence-corrected chi connectivity index (χ2v) is 10.2. The van der Waals surface area contributed by atoms with Crippen LogP contribution < -0.4 is 14.8 Å². The summed E-state index contributed by atoms with van der Waals surface area (Å²) in [5.74, 6) is 1.01. The summed E-state index contributed by atoms with van der Waals surface area (Å²) in [5, 5.41) is 4.10. The zero-order chi connectivity index (χ0) is 25.4. The normalized spacial score (nSPS) is 21.2. The van der Waals surface area contributed by atoms with E-state index in [-0.39, 0.29) is 23.9 Å². The highest BCUT2D eigenvalue weighted by Crippen LogP contribution is 2.42. The molecule has 0 radical (unpaired) electrons. The van der Waals surface area contributed by atoms with Gasteiger partial charge in [-0.2, -0.15) is 0 Å². The van der Waals surface area contributed by atoms with E-state index in [0.29, 0.717) is 23.7 Å². The maximum absolute atomic E-state index is 14.3. The molecule has 0 spiro atoms. The number of aromatic nitrogens is 1. The van der Waals surface area contributed by atoms with E-state index in [1.807, 2.05) is 66.9 Å². The molecule has 1 aromatic heterocycles. The maximum Gasteiger partial charge on any atom is 0.271 e. The molecule has 2 atom stereocenters. The fourth-order valence-corrected chi connectivity index (χ4v) is 5.99. The molecule has 2 heterocycles. The Hall–Kier alpha value is -3.48. The zero-order valence-electron chi connectivity index (χ0n) is 21.5. The highest BCUT2D eigenvalue weighted by Gasteiger charge is 2.50. The lowest BCUT2D eigenvalue weighted by Crippen LogP contribution is -2.65. The number of carbonyl (C=O) groups excluding carboxylic acids is 2. The summed E-state index contributed by atoms with van der Waals surface area (Å²) in [4.78, 5) is 30.1. The first-order valence-electron chi connectivity index (χ1n) is 12.8. The summed E-state index contributed by atoms with van der Waals surface area (Å²) >= 11 is 0. The molecule has 36 heavy (non-hydrogen) atoms. The van der Waals surface area contributed by atoms with Crippen molar-refractivity contribution in [2.75, 3.05) is 14.2 Å². The number of rotatable bonds is 6. The van der Waals surface area contributed by atoms with E-state index in [1.54, 1.807) is 19.1 Å². The molecule has 2 aliphatic rings. The van der Waals surface area contributed by atoms with Crippen molar-refractivity contribution >= 4 is 22.7 Å². The van der Waals surface area contributed by atoms with Crippen molar-refractivity contribution in [3.63, 3.8) is 0 Å². The van der Waals surface area contributed by atoms with Gasteiger partial charge in [-0.1, -0.05) is 49.6 Å². The molecule has 7 heteroatoms. The van der Waals surface area contributed by atoms with Gasteiger partial charge in [0.05, 0.1) is 32.3 Å². The summed E-state index contributed by atoms with van der Waals surface area (Å²) in [5.41, 5.74) is 1.18. The maximum atomic E-state index is 14.3. The first kappa shape index (κ1) is 24.2. The Balaban J connectivity index is 1.65. The number of hydrogen-bond acceptors (Lipinski definition) is 4. The van der Waals surface area contributed by atoms with Gasteiger partial charge >= 0.3 is 0 Å². The predicted molar refractivity (Wildman–Crippen MR) is 139 cm³/mol. The van der Waals surface area contributed by atoms with Crippen molar-refractivity contribution in [3.8, 4) is 11.5 Å². The molecule has 5 rings (SSSR count). The number of nitrogens with one attached hydrogen (secondary N) is 1. The van der Waals surface area contributed by atoms with Crippen molar-refractivity contribution in [3.05, 3.63) is 59.8 Å². The fraction of sp³-hybridized carbons (Fsp3) is 0.448. The third kappa shape index (κ3) is 3.91. The lowest BCUT2D eigenvalue weighted by atomic mass is 9.89. The number of fused-ring (bicyclic) bond motifs is 3. The Kier molecular flexibility index (Phi) is 6.41. The largest absolute Gasteiger partial charge is 0.496 e. The molecule has 1 N–H and O–H groups in total. The predicted octanol–water partition coefficient (Wildman–Crippen LogP) is 5.08. The summed E-state index contributed by atoms with van der Waals surface area (Å²) in [6, 6.07) is 15.3. The van der Waals surface area contributed by atoms with Crippen LogP contribution >= 0.6 is 0 Å². The zero-order valence-corrected chi connectivity index (χ0v) is 21.5. The Morgan fingerprint density at radius 3 is 2.36 bits per heavy atom. The molecular weight excluding hydrogens is 454 g/mol. The summed E-state index contributed by atoms with van der Waals surface area (Å²) in [6.45, 7) is 4.21. The van der Waals surface area contributed by atoms with Crippen molar-refractivity contribution in [1.29, 1.82) is 0 Å². The van der Waals surface area contributed by atoms with Crippen LogP contribution in [0.25, 0.3) is 10.9 Å². The number of methoxy groups -OCH3 is 2. The van der Waals surface area contributed by atoms with Crippen molar-refractivity contribution in [2.45, 2.75) is 70.1 Å². The van der Waals surface area contributed by atoms with Gasteiger partial charge in [-0.05, 0) is 50.5 Å². The van der Waals surface area contributed by atoms with E-state index < -0.39 is 5.54 Å². The SMILES string of the molecule is COc1ccc(OC)c2c1cc1n2C[C@](C)(C(=O)NC2CCCCC2)N([C@@H](C)c2ccccc2)C1=O. The average molecular weight is 490 g/mol. The molecule has 1 saturated carbocycles. The summed E-state index contributed by atoms with van der Waals surface area (Å²) in [6.07, 6.45) is 5.40. The monoisotopic (exact) mass is 489 g/mol. The van der Waals surface area contributed by atoms with Gasteiger partial charge in [0.15, 0.2) is 0 Å². The first-order chi connectivity index (χ1) is 17.4. The molecule has 7 nitrogen and oxygen atoms in total. The van der Waals surface area contributed by atoms with Crippen LogP contribution in [0.1, 0.15) is 68.0 Å².